The molecule has 0 radical (unpaired) electrons. The minimum atomic E-state index is -0.580. The van der Waals surface area contributed by atoms with Crippen LogP contribution in [0.1, 0.15) is 13.8 Å². The molecule has 0 aliphatic carbocycles. The molecule has 0 saturated carbocycles. The highest BCUT2D eigenvalue weighted by Crippen LogP contribution is 2.30. The SMILES string of the molecule is CCOc1cc2nc(O)n[n+]([O-])c2cc1OCC. The van der Waals surface area contributed by atoms with Crippen LogP contribution in [-0.2, 0) is 0 Å². The highest BCUT2D eigenvalue weighted by Gasteiger charge is 2.16. The quantitative estimate of drug-likeness (QED) is 0.637. The number of aromatic nitrogens is 3. The Kier molecular flexibility index (Phi) is 3.31. The zero-order valence-corrected chi connectivity index (χ0v) is 10.1. The Labute approximate surface area is 103 Å². The van der Waals surface area contributed by atoms with E-state index in [0.717, 1.165) is 0 Å². The largest absolute Gasteiger partial charge is 0.594 e. The van der Waals surface area contributed by atoms with E-state index in [1.54, 1.807) is 6.07 Å². The smallest absolute Gasteiger partial charge is 0.378 e. The topological polar surface area (TPSA) is 91.4 Å². The van der Waals surface area contributed by atoms with Gasteiger partial charge in [-0.1, -0.05) is 0 Å². The van der Waals surface area contributed by atoms with Crippen LogP contribution in [0, 0.1) is 5.21 Å². The minimum absolute atomic E-state index is 0.208. The third kappa shape index (κ3) is 2.20. The van der Waals surface area contributed by atoms with Crippen LogP contribution in [0.25, 0.3) is 11.0 Å². The van der Waals surface area contributed by atoms with Crippen LogP contribution in [0.2, 0.25) is 0 Å². The number of nitrogens with zero attached hydrogens (tertiary/aromatic N) is 3. The van der Waals surface area contributed by atoms with Gasteiger partial charge in [-0.25, -0.2) is 0 Å². The first-order valence-electron chi connectivity index (χ1n) is 5.56. The van der Waals surface area contributed by atoms with Gasteiger partial charge in [-0.05, 0) is 18.7 Å². The Balaban J connectivity index is 2.63. The van der Waals surface area contributed by atoms with E-state index in [2.05, 4.69) is 10.1 Å². The maximum absolute atomic E-state index is 11.5. The molecule has 2 aromatic rings. The molecule has 0 saturated heterocycles. The molecular formula is C11H13N3O4. The van der Waals surface area contributed by atoms with Crippen molar-refractivity contribution in [3.8, 4) is 17.5 Å². The summed E-state index contributed by atoms with van der Waals surface area (Å²) in [5, 5.41) is 24.0. The molecule has 0 spiro atoms. The van der Waals surface area contributed by atoms with Crippen LogP contribution in [0.5, 0.6) is 17.5 Å². The van der Waals surface area contributed by atoms with E-state index in [4.69, 9.17) is 9.47 Å². The first-order chi connectivity index (χ1) is 8.65. The van der Waals surface area contributed by atoms with Gasteiger partial charge in [0.2, 0.25) is 0 Å². The van der Waals surface area contributed by atoms with E-state index in [0.29, 0.717) is 35.1 Å². The molecule has 0 fully saturated rings. The molecule has 0 atom stereocenters. The number of fused-ring (bicyclic) bond motifs is 1. The Morgan fingerprint density at radius 3 is 2.44 bits per heavy atom. The highest BCUT2D eigenvalue weighted by atomic mass is 16.5. The average molecular weight is 251 g/mol. The summed E-state index contributed by atoms with van der Waals surface area (Å²) in [4.78, 5) is 4.07. The molecule has 1 heterocycles. The molecule has 0 aliphatic rings. The molecule has 0 amide bonds. The molecular weight excluding hydrogens is 238 g/mol. The second-order valence-electron chi connectivity index (χ2n) is 3.44. The maximum Gasteiger partial charge on any atom is 0.378 e. The van der Waals surface area contributed by atoms with Gasteiger partial charge in [-0.3, -0.25) is 0 Å². The van der Waals surface area contributed by atoms with Gasteiger partial charge < -0.3 is 19.8 Å². The first-order valence-corrected chi connectivity index (χ1v) is 5.56. The molecule has 1 aromatic carbocycles. The summed E-state index contributed by atoms with van der Waals surface area (Å²) in [7, 11) is 0. The monoisotopic (exact) mass is 251 g/mol. The molecule has 1 aromatic heterocycles. The van der Waals surface area contributed by atoms with Gasteiger partial charge in [0.15, 0.2) is 11.5 Å². The summed E-state index contributed by atoms with van der Waals surface area (Å²) in [6, 6.07) is 2.46. The van der Waals surface area contributed by atoms with Crippen molar-refractivity contribution in [3.63, 3.8) is 0 Å². The Hall–Kier alpha value is -2.31. The summed E-state index contributed by atoms with van der Waals surface area (Å²) in [6.07, 6.45) is 0. The molecule has 1 N–H and O–H groups in total. The summed E-state index contributed by atoms with van der Waals surface area (Å²) in [5.41, 5.74) is 0.504. The fraction of sp³-hybridized carbons (Fsp3) is 0.364. The van der Waals surface area contributed by atoms with E-state index in [1.807, 2.05) is 13.8 Å². The maximum atomic E-state index is 11.5. The van der Waals surface area contributed by atoms with Crippen molar-refractivity contribution in [2.45, 2.75) is 13.8 Å². The predicted molar refractivity (Wildman–Crippen MR) is 62.5 cm³/mol. The van der Waals surface area contributed by atoms with Crippen molar-refractivity contribution in [1.82, 2.24) is 10.1 Å². The third-order valence-electron chi connectivity index (χ3n) is 2.25. The van der Waals surface area contributed by atoms with Gasteiger partial charge in [0, 0.05) is 6.07 Å². The Bertz CT molecular complexity index is 574. The standard InChI is InChI=1S/C11H13N3O4/c1-3-17-9-5-7-8(6-10(9)18-4-2)14(16)13-11(15)12-7/h5-6H,3-4H2,1-2H3,(H,12,13,15). The lowest BCUT2D eigenvalue weighted by atomic mass is 10.2. The van der Waals surface area contributed by atoms with E-state index in [-0.39, 0.29) is 5.52 Å². The number of rotatable bonds is 4. The third-order valence-corrected chi connectivity index (χ3v) is 2.25. The van der Waals surface area contributed by atoms with E-state index in [9.17, 15) is 10.3 Å². The Morgan fingerprint density at radius 2 is 1.83 bits per heavy atom. The lowest BCUT2D eigenvalue weighted by Crippen LogP contribution is -2.32. The first kappa shape index (κ1) is 12.2. The van der Waals surface area contributed by atoms with Crippen LogP contribution in [0.4, 0.5) is 0 Å². The van der Waals surface area contributed by atoms with E-state index in [1.165, 1.54) is 6.07 Å². The van der Waals surface area contributed by atoms with Crippen molar-refractivity contribution in [2.75, 3.05) is 13.2 Å². The van der Waals surface area contributed by atoms with Crippen LogP contribution >= 0.6 is 0 Å². The van der Waals surface area contributed by atoms with Crippen molar-refractivity contribution in [1.29, 1.82) is 0 Å². The number of benzene rings is 1. The fourth-order valence-corrected chi connectivity index (χ4v) is 1.58. The Morgan fingerprint density at radius 1 is 1.22 bits per heavy atom. The van der Waals surface area contributed by atoms with Gasteiger partial charge in [0.25, 0.3) is 5.52 Å². The molecule has 2 rings (SSSR count). The van der Waals surface area contributed by atoms with Gasteiger partial charge in [-0.2, -0.15) is 4.98 Å². The normalized spacial score (nSPS) is 10.6. The summed E-state index contributed by atoms with van der Waals surface area (Å²) >= 11 is 0. The number of hydrogen-bond acceptors (Lipinski definition) is 6. The molecule has 0 unspecified atom stereocenters. The fourth-order valence-electron chi connectivity index (χ4n) is 1.58. The number of aromatic hydroxyl groups is 1. The lowest BCUT2D eigenvalue weighted by Gasteiger charge is -2.10. The molecule has 18 heavy (non-hydrogen) atoms. The lowest BCUT2D eigenvalue weighted by molar-refractivity contribution is -0.643. The van der Waals surface area contributed by atoms with Gasteiger partial charge in [-0.15, -0.1) is 0 Å². The van der Waals surface area contributed by atoms with E-state index < -0.39 is 6.01 Å². The predicted octanol–water partition coefficient (Wildman–Crippen LogP) is 0.766. The van der Waals surface area contributed by atoms with Crippen LogP contribution in [0.3, 0.4) is 0 Å². The van der Waals surface area contributed by atoms with Gasteiger partial charge in [0.05, 0.1) is 24.4 Å². The van der Waals surface area contributed by atoms with Crippen LogP contribution in [0.15, 0.2) is 12.1 Å². The summed E-state index contributed by atoms with van der Waals surface area (Å²) < 4.78 is 10.8. The number of ether oxygens (including phenoxy) is 2. The van der Waals surface area contributed by atoms with Crippen LogP contribution < -0.4 is 14.3 Å². The van der Waals surface area contributed by atoms with E-state index >= 15 is 0 Å². The highest BCUT2D eigenvalue weighted by molar-refractivity contribution is 5.76. The van der Waals surface area contributed by atoms with Gasteiger partial charge >= 0.3 is 6.01 Å². The zero-order valence-electron chi connectivity index (χ0n) is 10.1. The second-order valence-corrected chi connectivity index (χ2v) is 3.44. The summed E-state index contributed by atoms with van der Waals surface area (Å²) in [6.45, 7) is 4.58. The molecule has 96 valence electrons. The van der Waals surface area contributed by atoms with Gasteiger partial charge in [0.1, 0.15) is 5.52 Å². The second kappa shape index (κ2) is 4.91. The average Bonchev–Trinajstić information content (AvgIpc) is 2.31. The van der Waals surface area contributed by atoms with Crippen molar-refractivity contribution in [2.24, 2.45) is 0 Å². The zero-order chi connectivity index (χ0) is 13.1. The molecule has 7 heteroatoms. The van der Waals surface area contributed by atoms with Crippen molar-refractivity contribution >= 4 is 11.0 Å². The van der Waals surface area contributed by atoms with Crippen LogP contribution in [-0.4, -0.2) is 28.4 Å². The van der Waals surface area contributed by atoms with Crippen molar-refractivity contribution < 1.29 is 19.4 Å². The van der Waals surface area contributed by atoms with Crippen molar-refractivity contribution in [3.05, 3.63) is 17.3 Å². The number of hydrogen-bond donors (Lipinski definition) is 1. The molecule has 0 bridgehead atoms. The summed E-state index contributed by atoms with van der Waals surface area (Å²) in [5.74, 6) is 0.927. The molecule has 0 aliphatic heterocycles. The molecule has 7 nitrogen and oxygen atoms in total. The minimum Gasteiger partial charge on any atom is -0.594 e.